The van der Waals surface area contributed by atoms with Crippen molar-refractivity contribution in [3.05, 3.63) is 29.0 Å². The maximum absolute atomic E-state index is 13.1. The number of benzene rings is 1. The van der Waals surface area contributed by atoms with Crippen molar-refractivity contribution in [2.45, 2.75) is 31.8 Å². The number of hydrogen-bond acceptors (Lipinski definition) is 3. The van der Waals surface area contributed by atoms with Crippen LogP contribution in [0.1, 0.15) is 25.7 Å². The zero-order valence-electron chi connectivity index (χ0n) is 13.0. The van der Waals surface area contributed by atoms with E-state index in [-0.39, 0.29) is 35.8 Å². The van der Waals surface area contributed by atoms with Crippen LogP contribution in [0, 0.1) is 5.82 Å². The fourth-order valence-electron chi connectivity index (χ4n) is 2.49. The minimum absolute atomic E-state index is 0.0508. The van der Waals surface area contributed by atoms with Gasteiger partial charge in [0, 0.05) is 38.7 Å². The predicted octanol–water partition coefficient (Wildman–Crippen LogP) is 2.21. The van der Waals surface area contributed by atoms with Crippen molar-refractivity contribution in [2.24, 2.45) is 0 Å². The number of aliphatic hydroxyl groups is 1. The van der Waals surface area contributed by atoms with E-state index in [1.54, 1.807) is 11.9 Å². The van der Waals surface area contributed by atoms with Gasteiger partial charge < -0.3 is 14.9 Å². The Kier molecular flexibility index (Phi) is 5.96. The molecule has 0 saturated carbocycles. The Hall–Kier alpha value is -1.66. The van der Waals surface area contributed by atoms with Crippen molar-refractivity contribution in [1.29, 1.82) is 0 Å². The summed E-state index contributed by atoms with van der Waals surface area (Å²) >= 11 is 5.71. The van der Waals surface area contributed by atoms with Gasteiger partial charge in [0.2, 0.25) is 11.8 Å². The molecule has 7 heteroatoms. The highest BCUT2D eigenvalue weighted by Gasteiger charge is 2.22. The van der Waals surface area contributed by atoms with Crippen LogP contribution in [0.15, 0.2) is 18.2 Å². The van der Waals surface area contributed by atoms with Crippen molar-refractivity contribution in [2.75, 3.05) is 25.0 Å². The lowest BCUT2D eigenvalue weighted by atomic mass is 10.1. The summed E-state index contributed by atoms with van der Waals surface area (Å²) in [5.41, 5.74) is 0.481. The van der Waals surface area contributed by atoms with Crippen LogP contribution in [0.2, 0.25) is 5.02 Å². The summed E-state index contributed by atoms with van der Waals surface area (Å²) in [6.07, 6.45) is 1.01. The number of nitrogens with zero attached hydrogens (tertiary/aromatic N) is 2. The molecule has 0 unspecified atom stereocenters. The highest BCUT2D eigenvalue weighted by Crippen LogP contribution is 2.22. The van der Waals surface area contributed by atoms with Gasteiger partial charge in [0.1, 0.15) is 5.82 Å². The van der Waals surface area contributed by atoms with E-state index in [0.717, 1.165) is 0 Å². The van der Waals surface area contributed by atoms with Crippen LogP contribution in [0.25, 0.3) is 0 Å². The first kappa shape index (κ1) is 17.7. The van der Waals surface area contributed by atoms with Gasteiger partial charge >= 0.3 is 0 Å². The molecular formula is C16H20ClFN2O3. The molecule has 0 aliphatic carbocycles. The average Bonchev–Trinajstić information content (AvgIpc) is 2.54. The topological polar surface area (TPSA) is 60.9 Å². The van der Waals surface area contributed by atoms with Crippen LogP contribution in [-0.2, 0) is 9.59 Å². The van der Waals surface area contributed by atoms with Gasteiger partial charge in [-0.15, -0.1) is 0 Å². The second-order valence-corrected chi connectivity index (χ2v) is 6.07. The first-order chi connectivity index (χ1) is 10.9. The van der Waals surface area contributed by atoms with E-state index in [9.17, 15) is 19.1 Å². The van der Waals surface area contributed by atoms with Crippen LogP contribution >= 0.6 is 11.6 Å². The van der Waals surface area contributed by atoms with Crippen LogP contribution in [-0.4, -0.2) is 48.1 Å². The highest BCUT2D eigenvalue weighted by atomic mass is 35.5. The van der Waals surface area contributed by atoms with Gasteiger partial charge in [-0.2, -0.15) is 0 Å². The maximum atomic E-state index is 13.1. The van der Waals surface area contributed by atoms with E-state index < -0.39 is 5.82 Å². The first-order valence-electron chi connectivity index (χ1n) is 7.56. The Balaban J connectivity index is 1.86. The van der Waals surface area contributed by atoms with Crippen molar-refractivity contribution in [3.63, 3.8) is 0 Å². The Morgan fingerprint density at radius 1 is 1.35 bits per heavy atom. The van der Waals surface area contributed by atoms with Crippen molar-refractivity contribution in [3.8, 4) is 0 Å². The molecule has 2 amide bonds. The van der Waals surface area contributed by atoms with Gasteiger partial charge in [-0.05, 0) is 31.0 Å². The molecule has 2 rings (SSSR count). The Morgan fingerprint density at radius 2 is 2.00 bits per heavy atom. The Bertz CT molecular complexity index is 589. The van der Waals surface area contributed by atoms with Crippen molar-refractivity contribution in [1.82, 2.24) is 4.90 Å². The van der Waals surface area contributed by atoms with Gasteiger partial charge in [-0.25, -0.2) is 4.39 Å². The minimum Gasteiger partial charge on any atom is -0.393 e. The van der Waals surface area contributed by atoms with Crippen molar-refractivity contribution >= 4 is 29.1 Å². The molecule has 0 aromatic heterocycles. The number of anilines is 1. The predicted molar refractivity (Wildman–Crippen MR) is 85.9 cm³/mol. The molecular weight excluding hydrogens is 323 g/mol. The summed E-state index contributed by atoms with van der Waals surface area (Å²) in [7, 11) is 1.56. The molecule has 1 aliphatic heterocycles. The molecule has 1 heterocycles. The van der Waals surface area contributed by atoms with Gasteiger partial charge in [0.05, 0.1) is 11.1 Å². The van der Waals surface area contributed by atoms with Crippen molar-refractivity contribution < 1.29 is 19.1 Å². The zero-order chi connectivity index (χ0) is 17.0. The summed E-state index contributed by atoms with van der Waals surface area (Å²) in [5, 5.41) is 9.38. The fraction of sp³-hybridized carbons (Fsp3) is 0.500. The normalized spacial score (nSPS) is 15.6. The average molecular weight is 343 g/mol. The summed E-state index contributed by atoms with van der Waals surface area (Å²) < 4.78 is 13.1. The Morgan fingerprint density at radius 3 is 2.61 bits per heavy atom. The summed E-state index contributed by atoms with van der Waals surface area (Å²) in [6, 6.07) is 4.04. The third-order valence-electron chi connectivity index (χ3n) is 4.03. The lowest BCUT2D eigenvalue weighted by molar-refractivity contribution is -0.134. The number of aliphatic hydroxyl groups excluding tert-OH is 1. The molecule has 0 radical (unpaired) electrons. The summed E-state index contributed by atoms with van der Waals surface area (Å²) in [4.78, 5) is 27.3. The first-order valence-corrected chi connectivity index (χ1v) is 7.93. The number of piperidine rings is 1. The fourth-order valence-corrected chi connectivity index (χ4v) is 2.67. The summed E-state index contributed by atoms with van der Waals surface area (Å²) in [5.74, 6) is -0.868. The van der Waals surface area contributed by atoms with E-state index in [0.29, 0.717) is 31.6 Å². The second kappa shape index (κ2) is 7.75. The number of carbonyl (C=O) groups is 2. The SMILES string of the molecule is CN(C(=O)CCC(=O)N1CCC(O)CC1)c1ccc(F)c(Cl)c1. The number of carbonyl (C=O) groups excluding carboxylic acids is 2. The van der Waals surface area contributed by atoms with Crippen LogP contribution in [0.3, 0.4) is 0 Å². The number of halogens is 2. The van der Waals surface area contributed by atoms with Crippen LogP contribution in [0.5, 0.6) is 0 Å². The second-order valence-electron chi connectivity index (χ2n) is 5.66. The number of amides is 2. The highest BCUT2D eigenvalue weighted by molar-refractivity contribution is 6.31. The third kappa shape index (κ3) is 4.65. The molecule has 1 saturated heterocycles. The monoisotopic (exact) mass is 342 g/mol. The molecule has 5 nitrogen and oxygen atoms in total. The Labute approximate surface area is 139 Å². The van der Waals surface area contributed by atoms with Crippen LogP contribution < -0.4 is 4.90 Å². The van der Waals surface area contributed by atoms with E-state index in [4.69, 9.17) is 11.6 Å². The van der Waals surface area contributed by atoms with Gasteiger partial charge in [0.25, 0.3) is 0 Å². The van der Waals surface area contributed by atoms with E-state index >= 15 is 0 Å². The molecule has 1 aromatic carbocycles. The number of likely N-dealkylation sites (tertiary alicyclic amines) is 1. The lowest BCUT2D eigenvalue weighted by Gasteiger charge is -2.29. The summed E-state index contributed by atoms with van der Waals surface area (Å²) in [6.45, 7) is 1.05. The molecule has 0 atom stereocenters. The maximum Gasteiger partial charge on any atom is 0.227 e. The smallest absolute Gasteiger partial charge is 0.227 e. The quantitative estimate of drug-likeness (QED) is 0.912. The molecule has 23 heavy (non-hydrogen) atoms. The van der Waals surface area contributed by atoms with E-state index in [1.165, 1.54) is 23.1 Å². The van der Waals surface area contributed by atoms with Crippen LogP contribution in [0.4, 0.5) is 10.1 Å². The molecule has 0 spiro atoms. The standard InChI is InChI=1S/C16H20ClFN2O3/c1-19(11-2-3-14(18)13(17)10-11)15(22)4-5-16(23)20-8-6-12(21)7-9-20/h2-3,10,12,21H,4-9H2,1H3. The number of hydrogen-bond donors (Lipinski definition) is 1. The molecule has 0 bridgehead atoms. The number of rotatable bonds is 4. The lowest BCUT2D eigenvalue weighted by Crippen LogP contribution is -2.40. The molecule has 1 N–H and O–H groups in total. The molecule has 1 fully saturated rings. The van der Waals surface area contributed by atoms with E-state index in [1.807, 2.05) is 0 Å². The minimum atomic E-state index is -0.543. The third-order valence-corrected chi connectivity index (χ3v) is 4.32. The van der Waals surface area contributed by atoms with E-state index in [2.05, 4.69) is 0 Å². The molecule has 126 valence electrons. The van der Waals surface area contributed by atoms with Gasteiger partial charge in [-0.1, -0.05) is 11.6 Å². The van der Waals surface area contributed by atoms with Gasteiger partial charge in [0.15, 0.2) is 0 Å². The molecule has 1 aromatic rings. The largest absolute Gasteiger partial charge is 0.393 e. The zero-order valence-corrected chi connectivity index (χ0v) is 13.7. The van der Waals surface area contributed by atoms with Gasteiger partial charge in [-0.3, -0.25) is 9.59 Å². The molecule has 1 aliphatic rings.